The number of hydrogen-bond donors (Lipinski definition) is 1. The fraction of sp³-hybridized carbons (Fsp3) is 0.100. The number of aldehydes is 1. The van der Waals surface area contributed by atoms with E-state index in [4.69, 9.17) is 0 Å². The average Bonchev–Trinajstić information content (AvgIpc) is 2.60. The van der Waals surface area contributed by atoms with E-state index in [1.54, 1.807) is 6.20 Å². The Labute approximate surface area is 81.6 Å². The van der Waals surface area contributed by atoms with E-state index in [0.717, 1.165) is 16.9 Å². The van der Waals surface area contributed by atoms with Crippen molar-refractivity contribution >= 4 is 23.3 Å². The standard InChI is InChI=1S/C10H11NOS/c1-2-3-4-6-11-9-5-7-13-10(9)8-12/h2-8,11H,1H3/b3-2-,6-4-. The highest BCUT2D eigenvalue weighted by Crippen LogP contribution is 2.19. The predicted octanol–water partition coefficient (Wildman–Crippen LogP) is 3.06. The van der Waals surface area contributed by atoms with Crippen LogP contribution in [0.15, 0.2) is 35.9 Å². The number of carbonyl (C=O) groups excluding carboxylic acids is 1. The third kappa shape index (κ3) is 2.87. The molecule has 1 aromatic heterocycles. The van der Waals surface area contributed by atoms with Gasteiger partial charge in [0.25, 0.3) is 0 Å². The second-order valence-electron chi connectivity index (χ2n) is 2.35. The molecule has 0 aliphatic heterocycles. The number of nitrogens with one attached hydrogen (secondary N) is 1. The third-order valence-electron chi connectivity index (χ3n) is 1.44. The molecule has 1 rings (SSSR count). The summed E-state index contributed by atoms with van der Waals surface area (Å²) in [7, 11) is 0. The van der Waals surface area contributed by atoms with Crippen LogP contribution in [0.3, 0.4) is 0 Å². The summed E-state index contributed by atoms with van der Waals surface area (Å²) in [6, 6.07) is 1.88. The van der Waals surface area contributed by atoms with Crippen LogP contribution in [0.1, 0.15) is 16.6 Å². The first kappa shape index (κ1) is 9.74. The van der Waals surface area contributed by atoms with Crippen LogP contribution in [0.5, 0.6) is 0 Å². The molecule has 1 N–H and O–H groups in total. The Morgan fingerprint density at radius 1 is 1.46 bits per heavy atom. The number of carbonyl (C=O) groups is 1. The van der Waals surface area contributed by atoms with Gasteiger partial charge in [-0.15, -0.1) is 11.3 Å². The number of anilines is 1. The van der Waals surface area contributed by atoms with Crippen molar-refractivity contribution in [2.75, 3.05) is 5.32 Å². The van der Waals surface area contributed by atoms with Crippen molar-refractivity contribution in [3.63, 3.8) is 0 Å². The molecule has 0 aromatic carbocycles. The summed E-state index contributed by atoms with van der Waals surface area (Å²) in [5, 5.41) is 4.91. The van der Waals surface area contributed by atoms with Crippen LogP contribution in [0.2, 0.25) is 0 Å². The molecular weight excluding hydrogens is 182 g/mol. The highest BCUT2D eigenvalue weighted by molar-refractivity contribution is 7.12. The van der Waals surface area contributed by atoms with Gasteiger partial charge in [-0.2, -0.15) is 0 Å². The van der Waals surface area contributed by atoms with E-state index in [2.05, 4.69) is 5.32 Å². The van der Waals surface area contributed by atoms with Crippen molar-refractivity contribution in [3.8, 4) is 0 Å². The van der Waals surface area contributed by atoms with Crippen LogP contribution in [0.25, 0.3) is 0 Å². The Morgan fingerprint density at radius 3 is 3.00 bits per heavy atom. The minimum Gasteiger partial charge on any atom is -0.360 e. The molecule has 0 spiro atoms. The Morgan fingerprint density at radius 2 is 2.31 bits per heavy atom. The van der Waals surface area contributed by atoms with Crippen LogP contribution in [-0.2, 0) is 0 Å². The molecule has 68 valence electrons. The fourth-order valence-corrected chi connectivity index (χ4v) is 1.50. The first-order valence-electron chi connectivity index (χ1n) is 3.95. The lowest BCUT2D eigenvalue weighted by atomic mass is 10.4. The SMILES string of the molecule is C/C=C\C=C/Nc1ccsc1C=O. The van der Waals surface area contributed by atoms with Gasteiger partial charge in [0.2, 0.25) is 0 Å². The zero-order valence-corrected chi connectivity index (χ0v) is 8.17. The largest absolute Gasteiger partial charge is 0.360 e. The number of allylic oxidation sites excluding steroid dienone is 3. The molecule has 0 fully saturated rings. The molecule has 0 bridgehead atoms. The van der Waals surface area contributed by atoms with Crippen LogP contribution in [-0.4, -0.2) is 6.29 Å². The van der Waals surface area contributed by atoms with Crippen molar-refractivity contribution in [3.05, 3.63) is 40.8 Å². The molecule has 3 heteroatoms. The molecule has 0 amide bonds. The smallest absolute Gasteiger partial charge is 0.162 e. The summed E-state index contributed by atoms with van der Waals surface area (Å²) < 4.78 is 0. The van der Waals surface area contributed by atoms with E-state index in [1.807, 2.05) is 36.6 Å². The van der Waals surface area contributed by atoms with Crippen molar-refractivity contribution in [1.82, 2.24) is 0 Å². The Kier molecular flexibility index (Phi) is 3.99. The number of thiophene rings is 1. The van der Waals surface area contributed by atoms with Crippen LogP contribution in [0.4, 0.5) is 5.69 Å². The zero-order chi connectivity index (χ0) is 9.52. The van der Waals surface area contributed by atoms with E-state index in [-0.39, 0.29) is 0 Å². The molecule has 2 nitrogen and oxygen atoms in total. The summed E-state index contributed by atoms with van der Waals surface area (Å²) in [4.78, 5) is 11.2. The van der Waals surface area contributed by atoms with E-state index < -0.39 is 0 Å². The molecule has 0 aliphatic carbocycles. The van der Waals surface area contributed by atoms with Gasteiger partial charge in [-0.25, -0.2) is 0 Å². The highest BCUT2D eigenvalue weighted by atomic mass is 32.1. The third-order valence-corrected chi connectivity index (χ3v) is 2.28. The lowest BCUT2D eigenvalue weighted by Crippen LogP contribution is -1.87. The van der Waals surface area contributed by atoms with Crippen LogP contribution in [0, 0.1) is 0 Å². The van der Waals surface area contributed by atoms with E-state index in [9.17, 15) is 4.79 Å². The normalized spacial score (nSPS) is 11.2. The van der Waals surface area contributed by atoms with Crippen molar-refractivity contribution < 1.29 is 4.79 Å². The molecule has 1 heterocycles. The summed E-state index contributed by atoms with van der Waals surface area (Å²) in [5.74, 6) is 0. The van der Waals surface area contributed by atoms with Gasteiger partial charge in [0, 0.05) is 6.20 Å². The predicted molar refractivity (Wildman–Crippen MR) is 57.3 cm³/mol. The van der Waals surface area contributed by atoms with Crippen LogP contribution >= 0.6 is 11.3 Å². The molecule has 13 heavy (non-hydrogen) atoms. The zero-order valence-electron chi connectivity index (χ0n) is 7.36. The first-order chi connectivity index (χ1) is 6.38. The Bertz CT molecular complexity index is 325. The molecule has 0 atom stereocenters. The molecule has 0 saturated carbocycles. The fourth-order valence-electron chi connectivity index (χ4n) is 0.836. The van der Waals surface area contributed by atoms with Gasteiger partial charge in [0.05, 0.1) is 10.6 Å². The van der Waals surface area contributed by atoms with Crippen LogP contribution < -0.4 is 5.32 Å². The van der Waals surface area contributed by atoms with E-state index >= 15 is 0 Å². The molecule has 1 aromatic rings. The van der Waals surface area contributed by atoms with Gasteiger partial charge in [0.15, 0.2) is 6.29 Å². The quantitative estimate of drug-likeness (QED) is 0.588. The Hall–Kier alpha value is -1.35. The second kappa shape index (κ2) is 5.32. The minimum atomic E-state index is 0.727. The van der Waals surface area contributed by atoms with Crippen molar-refractivity contribution in [2.45, 2.75) is 6.92 Å². The minimum absolute atomic E-state index is 0.727. The molecular formula is C10H11NOS. The summed E-state index contributed by atoms with van der Waals surface area (Å²) in [6.07, 6.45) is 8.39. The molecule has 0 radical (unpaired) electrons. The maximum absolute atomic E-state index is 10.5. The number of rotatable bonds is 4. The topological polar surface area (TPSA) is 29.1 Å². The van der Waals surface area contributed by atoms with Gasteiger partial charge < -0.3 is 5.32 Å². The lowest BCUT2D eigenvalue weighted by Gasteiger charge is -1.95. The lowest BCUT2D eigenvalue weighted by molar-refractivity contribution is 0.112. The van der Waals surface area contributed by atoms with Gasteiger partial charge in [-0.3, -0.25) is 4.79 Å². The van der Waals surface area contributed by atoms with Gasteiger partial charge in [0.1, 0.15) is 0 Å². The Balaban J connectivity index is 2.58. The molecule has 0 aliphatic rings. The van der Waals surface area contributed by atoms with E-state index in [1.165, 1.54) is 11.3 Å². The summed E-state index contributed by atoms with van der Waals surface area (Å²) >= 11 is 1.43. The van der Waals surface area contributed by atoms with Gasteiger partial charge in [-0.05, 0) is 24.4 Å². The van der Waals surface area contributed by atoms with E-state index in [0.29, 0.717) is 0 Å². The maximum atomic E-state index is 10.5. The maximum Gasteiger partial charge on any atom is 0.162 e. The average molecular weight is 193 g/mol. The molecule has 0 unspecified atom stereocenters. The van der Waals surface area contributed by atoms with Gasteiger partial charge in [-0.1, -0.05) is 12.2 Å². The monoisotopic (exact) mass is 193 g/mol. The highest BCUT2D eigenvalue weighted by Gasteiger charge is 1.98. The van der Waals surface area contributed by atoms with Crippen molar-refractivity contribution in [1.29, 1.82) is 0 Å². The molecule has 0 saturated heterocycles. The second-order valence-corrected chi connectivity index (χ2v) is 3.29. The summed E-state index contributed by atoms with van der Waals surface area (Å²) in [5.41, 5.74) is 0.862. The van der Waals surface area contributed by atoms with Crippen molar-refractivity contribution in [2.24, 2.45) is 0 Å². The van der Waals surface area contributed by atoms with Gasteiger partial charge >= 0.3 is 0 Å². The number of hydrogen-bond acceptors (Lipinski definition) is 3. The first-order valence-corrected chi connectivity index (χ1v) is 4.83. The summed E-state index contributed by atoms with van der Waals surface area (Å²) in [6.45, 7) is 1.95.